The molecule has 2 N–H and O–H groups in total. The van der Waals surface area contributed by atoms with Gasteiger partial charge in [0, 0.05) is 30.6 Å². The Hall–Kier alpha value is -2.97. The Bertz CT molecular complexity index is 1030. The van der Waals surface area contributed by atoms with Gasteiger partial charge in [-0.25, -0.2) is 0 Å². The summed E-state index contributed by atoms with van der Waals surface area (Å²) in [6, 6.07) is 17.2. The van der Waals surface area contributed by atoms with E-state index in [0.717, 1.165) is 16.9 Å². The van der Waals surface area contributed by atoms with Crippen molar-refractivity contribution in [2.24, 2.45) is 11.8 Å². The van der Waals surface area contributed by atoms with E-state index in [0.29, 0.717) is 37.5 Å². The maximum Gasteiger partial charge on any atom is 0.234 e. The normalized spacial score (nSPS) is 22.1. The molecule has 8 heteroatoms. The van der Waals surface area contributed by atoms with Crippen molar-refractivity contribution in [1.82, 2.24) is 15.1 Å². The number of nitrogens with one attached hydrogen (secondary N) is 1. The van der Waals surface area contributed by atoms with Crippen molar-refractivity contribution in [2.45, 2.75) is 38.4 Å². The molecular weight excluding hydrogens is 450 g/mol. The summed E-state index contributed by atoms with van der Waals surface area (Å²) in [5.74, 6) is 0.318. The van der Waals surface area contributed by atoms with Gasteiger partial charge >= 0.3 is 0 Å². The van der Waals surface area contributed by atoms with Gasteiger partial charge in [-0.05, 0) is 43.1 Å². The summed E-state index contributed by atoms with van der Waals surface area (Å²) < 4.78 is 5.43. The average Bonchev–Trinajstić information content (AvgIpc) is 2.86. The minimum absolute atomic E-state index is 0.00190. The number of carbonyl (C=O) groups excluding carboxylic acids is 2. The monoisotopic (exact) mass is 481 g/mol. The standard InChI is InChI=1S/C26H31N3O4S/c1-33-23-10-6-5-9-20(23)17-29-25(32)21-12-11-19(15-22(21)27-26(29)34)24(31)28(13-14-30)16-18-7-3-2-4-8-18/h2-10,19,21-22,30H,11-17H2,1H3,(H,27,34). The Morgan fingerprint density at radius 1 is 1.18 bits per heavy atom. The van der Waals surface area contributed by atoms with E-state index in [2.05, 4.69) is 5.32 Å². The Kier molecular flexibility index (Phi) is 7.80. The van der Waals surface area contributed by atoms with Gasteiger partial charge in [0.15, 0.2) is 5.11 Å². The van der Waals surface area contributed by atoms with Crippen LogP contribution < -0.4 is 10.1 Å². The Morgan fingerprint density at radius 3 is 2.65 bits per heavy atom. The third-order valence-electron chi connectivity index (χ3n) is 6.76. The maximum atomic E-state index is 13.4. The molecule has 1 aliphatic heterocycles. The minimum Gasteiger partial charge on any atom is -0.496 e. The topological polar surface area (TPSA) is 82.1 Å². The fourth-order valence-corrected chi connectivity index (χ4v) is 5.30. The molecule has 0 radical (unpaired) electrons. The second-order valence-electron chi connectivity index (χ2n) is 8.88. The summed E-state index contributed by atoms with van der Waals surface area (Å²) in [5.41, 5.74) is 1.92. The van der Waals surface area contributed by atoms with Gasteiger partial charge in [0.2, 0.25) is 11.8 Å². The summed E-state index contributed by atoms with van der Waals surface area (Å²) in [6.45, 7) is 1.01. The lowest BCUT2D eigenvalue weighted by Crippen LogP contribution is -2.61. The number of methoxy groups -OCH3 is 1. The maximum absolute atomic E-state index is 13.4. The number of amides is 2. The van der Waals surface area contributed by atoms with E-state index in [4.69, 9.17) is 17.0 Å². The van der Waals surface area contributed by atoms with Gasteiger partial charge < -0.3 is 20.1 Å². The number of thiocarbonyl (C=S) groups is 1. The van der Waals surface area contributed by atoms with Gasteiger partial charge in [0.1, 0.15) is 5.75 Å². The van der Waals surface area contributed by atoms with Crippen LogP contribution in [-0.4, -0.2) is 58.1 Å². The highest BCUT2D eigenvalue weighted by molar-refractivity contribution is 7.80. The number of rotatable bonds is 8. The molecular formula is C26H31N3O4S. The van der Waals surface area contributed by atoms with Crippen LogP contribution >= 0.6 is 12.2 Å². The van der Waals surface area contributed by atoms with E-state index in [9.17, 15) is 14.7 Å². The van der Waals surface area contributed by atoms with Gasteiger partial charge in [0.25, 0.3) is 0 Å². The van der Waals surface area contributed by atoms with Crippen LogP contribution in [0.2, 0.25) is 0 Å². The van der Waals surface area contributed by atoms with Crippen LogP contribution in [0, 0.1) is 11.8 Å². The van der Waals surface area contributed by atoms with E-state index in [1.165, 1.54) is 0 Å². The van der Waals surface area contributed by atoms with Gasteiger partial charge in [-0.15, -0.1) is 0 Å². The highest BCUT2D eigenvalue weighted by Crippen LogP contribution is 2.35. The van der Waals surface area contributed by atoms with Crippen LogP contribution in [0.4, 0.5) is 0 Å². The van der Waals surface area contributed by atoms with Crippen molar-refractivity contribution in [1.29, 1.82) is 0 Å². The molecule has 0 aromatic heterocycles. The number of hydrogen-bond acceptors (Lipinski definition) is 5. The number of fused-ring (bicyclic) bond motifs is 1. The lowest BCUT2D eigenvalue weighted by Gasteiger charge is -2.44. The van der Waals surface area contributed by atoms with E-state index in [-0.39, 0.29) is 42.8 Å². The molecule has 3 unspecified atom stereocenters. The van der Waals surface area contributed by atoms with Gasteiger partial charge in [0.05, 0.1) is 26.2 Å². The molecule has 34 heavy (non-hydrogen) atoms. The molecule has 1 saturated carbocycles. The zero-order chi connectivity index (χ0) is 24.1. The van der Waals surface area contributed by atoms with Gasteiger partial charge in [-0.2, -0.15) is 0 Å². The Labute approximate surface area is 205 Å². The second-order valence-corrected chi connectivity index (χ2v) is 9.26. The number of benzene rings is 2. The number of para-hydroxylation sites is 1. The van der Waals surface area contributed by atoms with E-state index < -0.39 is 0 Å². The molecule has 2 aliphatic rings. The van der Waals surface area contributed by atoms with E-state index in [1.807, 2.05) is 54.6 Å². The number of aliphatic hydroxyl groups excluding tert-OH is 1. The molecule has 2 aromatic rings. The molecule has 0 bridgehead atoms. The summed E-state index contributed by atoms with van der Waals surface area (Å²) in [4.78, 5) is 30.0. The number of nitrogens with zero attached hydrogens (tertiary/aromatic N) is 2. The highest BCUT2D eigenvalue weighted by Gasteiger charge is 2.44. The first kappa shape index (κ1) is 24.2. The lowest BCUT2D eigenvalue weighted by molar-refractivity contribution is -0.142. The van der Waals surface area contributed by atoms with Gasteiger partial charge in [-0.1, -0.05) is 48.5 Å². The molecule has 0 spiro atoms. The second kappa shape index (κ2) is 11.0. The summed E-state index contributed by atoms with van der Waals surface area (Å²) in [6.07, 6.45) is 1.81. The van der Waals surface area contributed by atoms with Crippen molar-refractivity contribution < 1.29 is 19.4 Å². The number of hydrogen-bond donors (Lipinski definition) is 2. The molecule has 1 aliphatic carbocycles. The largest absolute Gasteiger partial charge is 0.496 e. The first-order valence-corrected chi connectivity index (χ1v) is 12.1. The van der Waals surface area contributed by atoms with E-state index >= 15 is 0 Å². The quantitative estimate of drug-likeness (QED) is 0.565. The van der Waals surface area contributed by atoms with Crippen molar-refractivity contribution >= 4 is 29.1 Å². The van der Waals surface area contributed by atoms with Crippen molar-refractivity contribution in [3.8, 4) is 5.75 Å². The zero-order valence-corrected chi connectivity index (χ0v) is 20.2. The van der Waals surface area contributed by atoms with Gasteiger partial charge in [-0.3, -0.25) is 14.5 Å². The third kappa shape index (κ3) is 5.23. The fraction of sp³-hybridized carbons (Fsp3) is 0.423. The van der Waals surface area contributed by atoms with Crippen molar-refractivity contribution in [3.63, 3.8) is 0 Å². The minimum atomic E-state index is -0.217. The van der Waals surface area contributed by atoms with Crippen LogP contribution in [0.5, 0.6) is 5.75 Å². The molecule has 180 valence electrons. The molecule has 7 nitrogen and oxygen atoms in total. The van der Waals surface area contributed by atoms with Crippen LogP contribution in [0.1, 0.15) is 30.4 Å². The summed E-state index contributed by atoms with van der Waals surface area (Å²) in [5, 5.41) is 13.3. The van der Waals surface area contributed by atoms with Crippen molar-refractivity contribution in [2.75, 3.05) is 20.3 Å². The van der Waals surface area contributed by atoms with Crippen LogP contribution in [-0.2, 0) is 22.7 Å². The SMILES string of the molecule is COc1ccccc1CN1C(=O)C2CCC(C(=O)N(CCO)Cc3ccccc3)CC2NC1=S. The molecule has 3 atom stereocenters. The molecule has 1 heterocycles. The third-order valence-corrected chi connectivity index (χ3v) is 7.09. The summed E-state index contributed by atoms with van der Waals surface area (Å²) >= 11 is 5.56. The first-order valence-electron chi connectivity index (χ1n) is 11.7. The number of aliphatic hydroxyl groups is 1. The molecule has 2 amide bonds. The van der Waals surface area contributed by atoms with Crippen LogP contribution in [0.3, 0.4) is 0 Å². The smallest absolute Gasteiger partial charge is 0.234 e. The predicted molar refractivity (Wildman–Crippen MR) is 133 cm³/mol. The highest BCUT2D eigenvalue weighted by atomic mass is 32.1. The molecule has 4 rings (SSSR count). The van der Waals surface area contributed by atoms with Crippen molar-refractivity contribution in [3.05, 3.63) is 65.7 Å². The zero-order valence-electron chi connectivity index (χ0n) is 19.4. The predicted octanol–water partition coefficient (Wildman–Crippen LogP) is 2.72. The fourth-order valence-electron chi connectivity index (χ4n) is 4.99. The average molecular weight is 482 g/mol. The van der Waals surface area contributed by atoms with Crippen LogP contribution in [0.15, 0.2) is 54.6 Å². The number of ether oxygens (including phenoxy) is 1. The number of carbonyl (C=O) groups is 2. The van der Waals surface area contributed by atoms with E-state index in [1.54, 1.807) is 16.9 Å². The van der Waals surface area contributed by atoms with Crippen LogP contribution in [0.25, 0.3) is 0 Å². The first-order chi connectivity index (χ1) is 16.5. The molecule has 2 aromatic carbocycles. The summed E-state index contributed by atoms with van der Waals surface area (Å²) in [7, 11) is 1.61. The molecule has 1 saturated heterocycles. The molecule has 2 fully saturated rings. The Balaban J connectivity index is 1.43. The lowest BCUT2D eigenvalue weighted by atomic mass is 9.76. The Morgan fingerprint density at radius 2 is 1.91 bits per heavy atom.